The lowest BCUT2D eigenvalue weighted by Gasteiger charge is -2.09. The highest BCUT2D eigenvalue weighted by Gasteiger charge is 2.14. The molecule has 4 rings (SSSR count). The van der Waals surface area contributed by atoms with Gasteiger partial charge in [0.1, 0.15) is 12.1 Å². The number of anilines is 1. The van der Waals surface area contributed by atoms with Crippen LogP contribution in [0.5, 0.6) is 0 Å². The predicted molar refractivity (Wildman–Crippen MR) is 83.2 cm³/mol. The first-order valence-electron chi connectivity index (χ1n) is 6.99. The highest BCUT2D eigenvalue weighted by atomic mass is 19.1. The number of aromatic nitrogens is 6. The van der Waals surface area contributed by atoms with Crippen molar-refractivity contribution >= 4 is 22.5 Å². The van der Waals surface area contributed by atoms with E-state index in [4.69, 9.17) is 0 Å². The molecule has 2 N–H and O–H groups in total. The lowest BCUT2D eigenvalue weighted by molar-refractivity contribution is 0.102. The summed E-state index contributed by atoms with van der Waals surface area (Å²) in [6, 6.07) is 9.41. The predicted octanol–water partition coefficient (Wildman–Crippen LogP) is 1.93. The van der Waals surface area contributed by atoms with E-state index in [9.17, 15) is 9.18 Å². The number of hydrogen-bond acceptors (Lipinski definition) is 5. The van der Waals surface area contributed by atoms with Crippen LogP contribution in [0.1, 0.15) is 10.4 Å². The molecule has 4 aromatic rings. The number of halogens is 1. The van der Waals surface area contributed by atoms with Gasteiger partial charge in [0.15, 0.2) is 0 Å². The Kier molecular flexibility index (Phi) is 3.23. The summed E-state index contributed by atoms with van der Waals surface area (Å²) in [5.74, 6) is -1.01. The van der Waals surface area contributed by atoms with Gasteiger partial charge in [0, 0.05) is 5.39 Å². The Morgan fingerprint density at radius 3 is 3.00 bits per heavy atom. The summed E-state index contributed by atoms with van der Waals surface area (Å²) in [6.45, 7) is 0. The van der Waals surface area contributed by atoms with E-state index in [0.29, 0.717) is 16.8 Å². The molecule has 24 heavy (non-hydrogen) atoms. The van der Waals surface area contributed by atoms with Crippen molar-refractivity contribution in [1.29, 1.82) is 0 Å². The van der Waals surface area contributed by atoms with E-state index in [1.165, 1.54) is 29.2 Å². The van der Waals surface area contributed by atoms with Crippen molar-refractivity contribution in [3.05, 3.63) is 60.3 Å². The monoisotopic (exact) mass is 323 g/mol. The average Bonchev–Trinajstić information content (AvgIpc) is 3.27. The second kappa shape index (κ2) is 5.54. The van der Waals surface area contributed by atoms with E-state index in [2.05, 4.69) is 31.0 Å². The number of hydrogen-bond donors (Lipinski definition) is 2. The third-order valence-corrected chi connectivity index (χ3v) is 3.53. The summed E-state index contributed by atoms with van der Waals surface area (Å²) in [4.78, 5) is 12.5. The summed E-state index contributed by atoms with van der Waals surface area (Å²) in [5.41, 5.74) is 1.52. The fraction of sp³-hybridized carbons (Fsp3) is 0. The highest BCUT2D eigenvalue weighted by molar-refractivity contribution is 6.11. The van der Waals surface area contributed by atoms with E-state index in [1.54, 1.807) is 18.3 Å². The van der Waals surface area contributed by atoms with Gasteiger partial charge < -0.3 is 5.32 Å². The summed E-state index contributed by atoms with van der Waals surface area (Å²) in [6.07, 6.45) is 3.00. The van der Waals surface area contributed by atoms with E-state index >= 15 is 0 Å². The molecule has 0 spiro atoms. The lowest BCUT2D eigenvalue weighted by atomic mass is 10.1. The summed E-state index contributed by atoms with van der Waals surface area (Å²) < 4.78 is 15.4. The van der Waals surface area contributed by atoms with Gasteiger partial charge in [-0.15, -0.1) is 5.10 Å². The number of nitrogens with one attached hydrogen (secondary N) is 2. The Hall–Kier alpha value is -3.62. The van der Waals surface area contributed by atoms with Crippen molar-refractivity contribution in [2.75, 3.05) is 5.32 Å². The molecule has 2 aromatic heterocycles. The zero-order valence-electron chi connectivity index (χ0n) is 12.1. The maximum Gasteiger partial charge on any atom is 0.257 e. The summed E-state index contributed by atoms with van der Waals surface area (Å²) in [7, 11) is 0. The third-order valence-electron chi connectivity index (χ3n) is 3.53. The van der Waals surface area contributed by atoms with Gasteiger partial charge in [0.05, 0.1) is 28.7 Å². The fourth-order valence-electron chi connectivity index (χ4n) is 2.38. The zero-order chi connectivity index (χ0) is 16.5. The van der Waals surface area contributed by atoms with Crippen LogP contribution >= 0.6 is 0 Å². The molecule has 0 atom stereocenters. The molecule has 118 valence electrons. The topological polar surface area (TPSA) is 101 Å². The number of fused-ring (bicyclic) bond motifs is 1. The highest BCUT2D eigenvalue weighted by Crippen LogP contribution is 2.21. The molecule has 2 heterocycles. The van der Waals surface area contributed by atoms with E-state index in [1.807, 2.05) is 6.07 Å². The molecule has 2 aromatic carbocycles. The Labute approximate surface area is 134 Å². The van der Waals surface area contributed by atoms with Gasteiger partial charge in [-0.3, -0.25) is 9.89 Å². The first-order valence-corrected chi connectivity index (χ1v) is 6.99. The number of aromatic amines is 1. The molecule has 0 aliphatic carbocycles. The lowest BCUT2D eigenvalue weighted by Crippen LogP contribution is -2.14. The van der Waals surface area contributed by atoms with Gasteiger partial charge in [-0.1, -0.05) is 12.1 Å². The number of nitrogens with zero attached hydrogens (tertiary/aromatic N) is 5. The van der Waals surface area contributed by atoms with Crippen molar-refractivity contribution in [3.63, 3.8) is 0 Å². The molecule has 0 aliphatic heterocycles. The summed E-state index contributed by atoms with van der Waals surface area (Å²) >= 11 is 0. The molecular weight excluding hydrogens is 313 g/mol. The largest absolute Gasteiger partial charge is 0.319 e. The molecule has 0 radical (unpaired) electrons. The van der Waals surface area contributed by atoms with Crippen LogP contribution in [-0.2, 0) is 0 Å². The van der Waals surface area contributed by atoms with Gasteiger partial charge >= 0.3 is 0 Å². The van der Waals surface area contributed by atoms with E-state index in [-0.39, 0.29) is 5.69 Å². The van der Waals surface area contributed by atoms with Crippen LogP contribution in [0.4, 0.5) is 10.1 Å². The van der Waals surface area contributed by atoms with Crippen molar-refractivity contribution in [1.82, 2.24) is 30.4 Å². The molecular formula is C15H10FN7O. The molecule has 0 bridgehead atoms. The molecule has 0 unspecified atom stereocenters. The average molecular weight is 323 g/mol. The fourth-order valence-corrected chi connectivity index (χ4v) is 2.38. The van der Waals surface area contributed by atoms with E-state index in [0.717, 1.165) is 5.39 Å². The number of H-pyrrole nitrogens is 1. The number of benzene rings is 2. The normalized spacial score (nSPS) is 10.9. The van der Waals surface area contributed by atoms with Crippen molar-refractivity contribution < 1.29 is 9.18 Å². The number of tetrazole rings is 1. The van der Waals surface area contributed by atoms with Crippen LogP contribution in [0.2, 0.25) is 0 Å². The van der Waals surface area contributed by atoms with Crippen LogP contribution in [0, 0.1) is 5.82 Å². The minimum atomic E-state index is -0.558. The van der Waals surface area contributed by atoms with E-state index < -0.39 is 11.7 Å². The second-order valence-corrected chi connectivity index (χ2v) is 5.01. The number of rotatable bonds is 3. The van der Waals surface area contributed by atoms with Crippen LogP contribution in [0.15, 0.2) is 48.9 Å². The SMILES string of the molecule is O=C(Nc1cc(-n2cnnn2)ccc1F)c1cccc2cn[nH]c12. The standard InChI is InChI=1S/C15H10FN7O/c16-12-5-4-10(23-8-18-21-22-23)6-13(12)19-15(24)11-3-1-2-9-7-17-20-14(9)11/h1-8H,(H,17,20)(H,19,24). The first-order chi connectivity index (χ1) is 11.7. The first kappa shape index (κ1) is 14.0. The molecule has 0 saturated heterocycles. The van der Waals surface area contributed by atoms with Crippen molar-refractivity contribution in [2.45, 2.75) is 0 Å². The third kappa shape index (κ3) is 2.37. The second-order valence-electron chi connectivity index (χ2n) is 5.01. The number of amides is 1. The minimum Gasteiger partial charge on any atom is -0.319 e. The molecule has 1 amide bonds. The minimum absolute atomic E-state index is 0.0320. The Balaban J connectivity index is 1.69. The summed E-state index contributed by atoms with van der Waals surface area (Å²) in [5, 5.41) is 20.8. The van der Waals surface area contributed by atoms with Crippen LogP contribution < -0.4 is 5.32 Å². The maximum absolute atomic E-state index is 14.0. The zero-order valence-corrected chi connectivity index (χ0v) is 12.1. The maximum atomic E-state index is 14.0. The van der Waals surface area contributed by atoms with Gasteiger partial charge in [0.2, 0.25) is 0 Å². The van der Waals surface area contributed by atoms with Crippen LogP contribution in [-0.4, -0.2) is 36.3 Å². The van der Waals surface area contributed by atoms with Crippen LogP contribution in [0.3, 0.4) is 0 Å². The molecule has 9 heteroatoms. The quantitative estimate of drug-likeness (QED) is 0.600. The molecule has 0 aliphatic rings. The molecule has 0 saturated carbocycles. The van der Waals surface area contributed by atoms with Crippen molar-refractivity contribution in [2.24, 2.45) is 0 Å². The Morgan fingerprint density at radius 1 is 1.25 bits per heavy atom. The van der Waals surface area contributed by atoms with Gasteiger partial charge in [-0.05, 0) is 34.7 Å². The molecule has 0 fully saturated rings. The van der Waals surface area contributed by atoms with Gasteiger partial charge in [0.25, 0.3) is 5.91 Å². The van der Waals surface area contributed by atoms with Crippen LogP contribution in [0.25, 0.3) is 16.6 Å². The number of carbonyl (C=O) groups excluding carboxylic acids is 1. The molecule has 8 nitrogen and oxygen atoms in total. The van der Waals surface area contributed by atoms with Crippen molar-refractivity contribution in [3.8, 4) is 5.69 Å². The van der Waals surface area contributed by atoms with Gasteiger partial charge in [-0.25, -0.2) is 9.07 Å². The number of carbonyl (C=O) groups is 1. The smallest absolute Gasteiger partial charge is 0.257 e. The van der Waals surface area contributed by atoms with Gasteiger partial charge in [-0.2, -0.15) is 5.10 Å². The Morgan fingerprint density at radius 2 is 2.17 bits per heavy atom. The Bertz CT molecular complexity index is 1030. The number of para-hydroxylation sites is 1.